The summed E-state index contributed by atoms with van der Waals surface area (Å²) in [5.41, 5.74) is 0.846. The Labute approximate surface area is 128 Å². The van der Waals surface area contributed by atoms with Crippen LogP contribution in [0.5, 0.6) is 0 Å². The Hall–Kier alpha value is -1.53. The fraction of sp³-hybridized carbons (Fsp3) is 0.467. The lowest BCUT2D eigenvalue weighted by Crippen LogP contribution is -2.48. The first kappa shape index (κ1) is 14.4. The summed E-state index contributed by atoms with van der Waals surface area (Å²) >= 11 is 1.53. The molecule has 0 aliphatic carbocycles. The molecular weight excluding hydrogens is 286 g/mol. The van der Waals surface area contributed by atoms with Gasteiger partial charge < -0.3 is 15.5 Å². The van der Waals surface area contributed by atoms with Crippen LogP contribution in [0.25, 0.3) is 0 Å². The Kier molecular flexibility index (Phi) is 4.45. The highest BCUT2D eigenvalue weighted by atomic mass is 32.2. The zero-order valence-corrected chi connectivity index (χ0v) is 12.6. The minimum Gasteiger partial charge on any atom is -0.352 e. The normalized spacial score (nSPS) is 19.2. The van der Waals surface area contributed by atoms with Crippen molar-refractivity contribution in [2.45, 2.75) is 23.8 Å². The van der Waals surface area contributed by atoms with Crippen molar-refractivity contribution in [1.29, 1.82) is 0 Å². The summed E-state index contributed by atoms with van der Waals surface area (Å²) in [7, 11) is 0. The van der Waals surface area contributed by atoms with Gasteiger partial charge in [-0.05, 0) is 38.1 Å². The number of rotatable bonds is 3. The van der Waals surface area contributed by atoms with Gasteiger partial charge in [0, 0.05) is 10.9 Å². The molecule has 21 heavy (non-hydrogen) atoms. The number of carbonyl (C=O) groups is 2. The van der Waals surface area contributed by atoms with Gasteiger partial charge in [-0.15, -0.1) is 11.8 Å². The summed E-state index contributed by atoms with van der Waals surface area (Å²) in [6, 6.07) is 7.97. The van der Waals surface area contributed by atoms with E-state index in [1.165, 1.54) is 11.8 Å². The molecule has 6 heteroatoms. The first-order valence-corrected chi connectivity index (χ1v) is 8.25. The van der Waals surface area contributed by atoms with Gasteiger partial charge in [-0.1, -0.05) is 12.1 Å². The number of para-hydroxylation sites is 1. The van der Waals surface area contributed by atoms with Gasteiger partial charge in [-0.3, -0.25) is 9.59 Å². The summed E-state index contributed by atoms with van der Waals surface area (Å²) < 4.78 is 0. The van der Waals surface area contributed by atoms with Gasteiger partial charge in [0.1, 0.15) is 6.54 Å². The number of nitrogens with zero attached hydrogens (tertiary/aromatic N) is 1. The number of benzene rings is 1. The van der Waals surface area contributed by atoms with Crippen LogP contribution in [0.15, 0.2) is 29.2 Å². The highest BCUT2D eigenvalue weighted by Crippen LogP contribution is 2.34. The predicted octanol–water partition coefficient (Wildman–Crippen LogP) is 0.993. The molecule has 1 aromatic carbocycles. The molecule has 112 valence electrons. The molecule has 0 radical (unpaired) electrons. The predicted molar refractivity (Wildman–Crippen MR) is 83.6 cm³/mol. The second-order valence-corrected chi connectivity index (χ2v) is 6.35. The molecule has 0 atom stereocenters. The van der Waals surface area contributed by atoms with E-state index >= 15 is 0 Å². The maximum atomic E-state index is 12.2. The molecule has 0 saturated carbocycles. The molecule has 3 rings (SSSR count). The molecular formula is C15H19N3O2S. The Morgan fingerprint density at radius 1 is 1.33 bits per heavy atom. The van der Waals surface area contributed by atoms with E-state index in [0.717, 1.165) is 36.5 Å². The summed E-state index contributed by atoms with van der Waals surface area (Å²) in [4.78, 5) is 27.0. The molecule has 2 aliphatic rings. The molecule has 2 N–H and O–H groups in total. The lowest BCUT2D eigenvalue weighted by molar-refractivity contribution is -0.123. The minimum atomic E-state index is -0.0723. The summed E-state index contributed by atoms with van der Waals surface area (Å²) in [5.74, 6) is 0.327. The number of carbonyl (C=O) groups excluding carboxylic acids is 2. The SMILES string of the molecule is O=C(CN1C(=O)CSc2ccccc21)NC1CCNCC1. The summed E-state index contributed by atoms with van der Waals surface area (Å²) in [6.07, 6.45) is 1.90. The Balaban J connectivity index is 1.66. The second-order valence-electron chi connectivity index (χ2n) is 5.33. The molecule has 1 saturated heterocycles. The van der Waals surface area contributed by atoms with E-state index in [1.807, 2.05) is 24.3 Å². The quantitative estimate of drug-likeness (QED) is 0.874. The van der Waals surface area contributed by atoms with Crippen LogP contribution in [0.1, 0.15) is 12.8 Å². The van der Waals surface area contributed by atoms with Crippen LogP contribution in [-0.4, -0.2) is 43.2 Å². The van der Waals surface area contributed by atoms with Gasteiger partial charge in [-0.25, -0.2) is 0 Å². The van der Waals surface area contributed by atoms with Crippen molar-refractivity contribution in [3.05, 3.63) is 24.3 Å². The zero-order chi connectivity index (χ0) is 14.7. The Bertz CT molecular complexity index is 543. The Morgan fingerprint density at radius 2 is 2.10 bits per heavy atom. The highest BCUT2D eigenvalue weighted by molar-refractivity contribution is 8.00. The van der Waals surface area contributed by atoms with E-state index in [4.69, 9.17) is 0 Å². The standard InChI is InChI=1S/C15H19N3O2S/c19-14(17-11-5-7-16-8-6-11)9-18-12-3-1-2-4-13(12)21-10-15(18)20/h1-4,11,16H,5-10H2,(H,17,19). The molecule has 2 heterocycles. The first-order chi connectivity index (χ1) is 10.2. The van der Waals surface area contributed by atoms with Crippen LogP contribution in [0.2, 0.25) is 0 Å². The van der Waals surface area contributed by atoms with Gasteiger partial charge in [0.25, 0.3) is 0 Å². The van der Waals surface area contributed by atoms with Crippen molar-refractivity contribution in [1.82, 2.24) is 10.6 Å². The van der Waals surface area contributed by atoms with E-state index in [0.29, 0.717) is 5.75 Å². The number of nitrogens with one attached hydrogen (secondary N) is 2. The van der Waals surface area contributed by atoms with Crippen molar-refractivity contribution in [2.24, 2.45) is 0 Å². The molecule has 1 fully saturated rings. The molecule has 0 bridgehead atoms. The first-order valence-electron chi connectivity index (χ1n) is 7.26. The number of fused-ring (bicyclic) bond motifs is 1. The number of hydrogen-bond donors (Lipinski definition) is 2. The number of hydrogen-bond acceptors (Lipinski definition) is 4. The van der Waals surface area contributed by atoms with Gasteiger partial charge in [0.2, 0.25) is 11.8 Å². The van der Waals surface area contributed by atoms with Crippen molar-refractivity contribution < 1.29 is 9.59 Å². The topological polar surface area (TPSA) is 61.4 Å². The largest absolute Gasteiger partial charge is 0.352 e. The molecule has 2 aliphatic heterocycles. The van der Waals surface area contributed by atoms with Crippen LogP contribution >= 0.6 is 11.8 Å². The van der Waals surface area contributed by atoms with Crippen molar-refractivity contribution in [3.8, 4) is 0 Å². The van der Waals surface area contributed by atoms with Gasteiger partial charge in [0.15, 0.2) is 0 Å². The fourth-order valence-electron chi connectivity index (χ4n) is 2.71. The van der Waals surface area contributed by atoms with Gasteiger partial charge in [-0.2, -0.15) is 0 Å². The van der Waals surface area contributed by atoms with Gasteiger partial charge in [0.05, 0.1) is 11.4 Å². The van der Waals surface area contributed by atoms with Crippen molar-refractivity contribution in [3.63, 3.8) is 0 Å². The fourth-order valence-corrected chi connectivity index (χ4v) is 3.65. The summed E-state index contributed by atoms with van der Waals surface area (Å²) in [6.45, 7) is 1.99. The van der Waals surface area contributed by atoms with Crippen LogP contribution in [0, 0.1) is 0 Å². The number of thioether (sulfide) groups is 1. The zero-order valence-electron chi connectivity index (χ0n) is 11.8. The Morgan fingerprint density at radius 3 is 2.90 bits per heavy atom. The molecule has 0 aromatic heterocycles. The number of piperidine rings is 1. The second kappa shape index (κ2) is 6.49. The average Bonchev–Trinajstić information content (AvgIpc) is 2.51. The van der Waals surface area contributed by atoms with Crippen LogP contribution < -0.4 is 15.5 Å². The smallest absolute Gasteiger partial charge is 0.240 e. The molecule has 0 spiro atoms. The molecule has 0 unspecified atom stereocenters. The molecule has 2 amide bonds. The molecule has 1 aromatic rings. The van der Waals surface area contributed by atoms with Crippen LogP contribution in [0.4, 0.5) is 5.69 Å². The van der Waals surface area contributed by atoms with Crippen LogP contribution in [0.3, 0.4) is 0 Å². The van der Waals surface area contributed by atoms with E-state index in [9.17, 15) is 9.59 Å². The average molecular weight is 305 g/mol. The third-order valence-corrected chi connectivity index (χ3v) is 4.86. The lowest BCUT2D eigenvalue weighted by Gasteiger charge is -2.30. The third-order valence-electron chi connectivity index (χ3n) is 3.81. The number of amides is 2. The summed E-state index contributed by atoms with van der Waals surface area (Å²) in [5, 5.41) is 6.31. The maximum absolute atomic E-state index is 12.2. The van der Waals surface area contributed by atoms with E-state index in [2.05, 4.69) is 10.6 Å². The minimum absolute atomic E-state index is 0.000777. The van der Waals surface area contributed by atoms with E-state index < -0.39 is 0 Å². The lowest BCUT2D eigenvalue weighted by atomic mass is 10.1. The molecule has 5 nitrogen and oxygen atoms in total. The number of anilines is 1. The van der Waals surface area contributed by atoms with Gasteiger partial charge >= 0.3 is 0 Å². The van der Waals surface area contributed by atoms with Crippen LogP contribution in [-0.2, 0) is 9.59 Å². The van der Waals surface area contributed by atoms with Crippen molar-refractivity contribution >= 4 is 29.3 Å². The maximum Gasteiger partial charge on any atom is 0.240 e. The highest BCUT2D eigenvalue weighted by Gasteiger charge is 2.27. The van der Waals surface area contributed by atoms with E-state index in [-0.39, 0.29) is 24.4 Å². The van der Waals surface area contributed by atoms with Crippen molar-refractivity contribution in [2.75, 3.05) is 30.3 Å². The van der Waals surface area contributed by atoms with E-state index in [1.54, 1.807) is 4.90 Å². The monoisotopic (exact) mass is 305 g/mol. The third kappa shape index (κ3) is 3.39.